The average Bonchev–Trinajstić information content (AvgIpc) is 2.67. The normalized spacial score (nSPS) is 18.0. The molecule has 30 heavy (non-hydrogen) atoms. The van der Waals surface area contributed by atoms with E-state index in [0.717, 1.165) is 38.0 Å². The second-order valence-corrected chi connectivity index (χ2v) is 8.87. The molecule has 0 radical (unpaired) electrons. The molecule has 8 heteroatoms. The van der Waals surface area contributed by atoms with Gasteiger partial charge in [-0.25, -0.2) is 0 Å². The maximum atomic E-state index is 12.0. The van der Waals surface area contributed by atoms with Crippen molar-refractivity contribution in [2.75, 3.05) is 26.7 Å². The van der Waals surface area contributed by atoms with Crippen molar-refractivity contribution in [3.8, 4) is 0 Å². The number of nitrogens with zero attached hydrogens (tertiary/aromatic N) is 2. The van der Waals surface area contributed by atoms with Gasteiger partial charge in [0, 0.05) is 32.2 Å². The molecular formula is C22H36N6O2. The molecule has 1 aromatic rings. The smallest absolute Gasteiger partial charge is 0.239 e. The maximum absolute atomic E-state index is 12.0. The van der Waals surface area contributed by atoms with Gasteiger partial charge < -0.3 is 21.7 Å². The first-order chi connectivity index (χ1) is 14.2. The summed E-state index contributed by atoms with van der Waals surface area (Å²) in [5.74, 6) is 0.245. The van der Waals surface area contributed by atoms with Crippen LogP contribution in [0.5, 0.6) is 0 Å². The number of nitrogens with two attached hydrogens (primary N) is 1. The van der Waals surface area contributed by atoms with Gasteiger partial charge in [0.1, 0.15) is 0 Å². The average molecular weight is 417 g/mol. The Morgan fingerprint density at radius 2 is 1.97 bits per heavy atom. The number of guanidine groups is 1. The van der Waals surface area contributed by atoms with Crippen molar-refractivity contribution >= 4 is 17.8 Å². The lowest BCUT2D eigenvalue weighted by molar-refractivity contribution is -0.123. The van der Waals surface area contributed by atoms with E-state index >= 15 is 0 Å². The van der Waals surface area contributed by atoms with Gasteiger partial charge in [-0.2, -0.15) is 0 Å². The molecular weight excluding hydrogens is 380 g/mol. The van der Waals surface area contributed by atoms with Crippen LogP contribution in [0.1, 0.15) is 44.7 Å². The summed E-state index contributed by atoms with van der Waals surface area (Å²) >= 11 is 0. The van der Waals surface area contributed by atoms with Gasteiger partial charge in [0.25, 0.3) is 0 Å². The lowest BCUT2D eigenvalue weighted by Gasteiger charge is -2.31. The minimum absolute atomic E-state index is 0.0477. The van der Waals surface area contributed by atoms with Crippen LogP contribution in [0.3, 0.4) is 0 Å². The molecule has 2 amide bonds. The van der Waals surface area contributed by atoms with Crippen LogP contribution in [0, 0.1) is 5.92 Å². The number of amides is 2. The predicted octanol–water partition coefficient (Wildman–Crippen LogP) is 0.964. The molecule has 166 valence electrons. The fourth-order valence-corrected chi connectivity index (χ4v) is 3.56. The van der Waals surface area contributed by atoms with Crippen LogP contribution in [0.15, 0.2) is 29.3 Å². The van der Waals surface area contributed by atoms with Crippen molar-refractivity contribution in [1.82, 2.24) is 20.9 Å². The van der Waals surface area contributed by atoms with Gasteiger partial charge in [-0.1, -0.05) is 24.3 Å². The van der Waals surface area contributed by atoms with Gasteiger partial charge in [0.05, 0.1) is 12.5 Å². The zero-order valence-electron chi connectivity index (χ0n) is 18.6. The molecule has 1 fully saturated rings. The number of carbonyl (C=O) groups is 2. The molecule has 0 aromatic heterocycles. The Morgan fingerprint density at radius 3 is 2.63 bits per heavy atom. The minimum atomic E-state index is -0.262. The molecule has 5 N–H and O–H groups in total. The number of hydrogen-bond donors (Lipinski definition) is 4. The Hall–Kier alpha value is -2.61. The van der Waals surface area contributed by atoms with Crippen molar-refractivity contribution in [2.24, 2.45) is 16.6 Å². The van der Waals surface area contributed by atoms with E-state index in [4.69, 9.17) is 5.73 Å². The highest BCUT2D eigenvalue weighted by atomic mass is 16.2. The van der Waals surface area contributed by atoms with Gasteiger partial charge >= 0.3 is 0 Å². The van der Waals surface area contributed by atoms with Gasteiger partial charge in [-0.3, -0.25) is 19.5 Å². The summed E-state index contributed by atoms with van der Waals surface area (Å²) in [4.78, 5) is 29.9. The molecule has 1 atom stereocenters. The molecule has 0 bridgehead atoms. The number of likely N-dealkylation sites (tertiary alicyclic amines) is 1. The molecule has 1 aromatic carbocycles. The van der Waals surface area contributed by atoms with E-state index in [1.807, 2.05) is 26.8 Å². The lowest BCUT2D eigenvalue weighted by Crippen LogP contribution is -2.48. The molecule has 1 aliphatic heterocycles. The van der Waals surface area contributed by atoms with Crippen molar-refractivity contribution in [1.29, 1.82) is 0 Å². The van der Waals surface area contributed by atoms with Crippen LogP contribution in [0.25, 0.3) is 0 Å². The summed E-state index contributed by atoms with van der Waals surface area (Å²) in [7, 11) is 1.68. The summed E-state index contributed by atoms with van der Waals surface area (Å²) in [5.41, 5.74) is 7.55. The largest absolute Gasteiger partial charge is 0.369 e. The van der Waals surface area contributed by atoms with Crippen molar-refractivity contribution in [3.63, 3.8) is 0 Å². The number of carbonyl (C=O) groups excluding carboxylic acids is 2. The highest BCUT2D eigenvalue weighted by Gasteiger charge is 2.23. The summed E-state index contributed by atoms with van der Waals surface area (Å²) in [6, 6.07) is 8.34. The van der Waals surface area contributed by atoms with E-state index in [0.29, 0.717) is 12.5 Å². The number of primary amides is 1. The summed E-state index contributed by atoms with van der Waals surface area (Å²) in [5, 5.41) is 9.18. The van der Waals surface area contributed by atoms with Crippen molar-refractivity contribution < 1.29 is 9.59 Å². The zero-order valence-corrected chi connectivity index (χ0v) is 18.6. The number of benzene rings is 1. The van der Waals surface area contributed by atoms with Crippen molar-refractivity contribution in [2.45, 2.75) is 52.2 Å². The Labute approximate surface area is 179 Å². The van der Waals surface area contributed by atoms with Crippen LogP contribution in [0.2, 0.25) is 0 Å². The molecule has 2 rings (SSSR count). The fraction of sp³-hybridized carbons (Fsp3) is 0.591. The van der Waals surface area contributed by atoms with Crippen LogP contribution < -0.4 is 21.7 Å². The Bertz CT molecular complexity index is 756. The number of nitrogens with one attached hydrogen (secondary N) is 3. The monoisotopic (exact) mass is 416 g/mol. The Balaban J connectivity index is 1.84. The molecule has 1 heterocycles. The lowest BCUT2D eigenvalue weighted by atomic mass is 9.97. The van der Waals surface area contributed by atoms with E-state index in [1.165, 1.54) is 5.56 Å². The Kier molecular flexibility index (Phi) is 8.65. The third-order valence-electron chi connectivity index (χ3n) is 4.92. The number of aliphatic imine (C=N–C) groups is 1. The van der Waals surface area contributed by atoms with Crippen LogP contribution in [-0.2, 0) is 22.7 Å². The van der Waals surface area contributed by atoms with E-state index in [2.05, 4.69) is 44.0 Å². The number of hydrogen-bond acceptors (Lipinski definition) is 4. The first-order valence-corrected chi connectivity index (χ1v) is 10.5. The van der Waals surface area contributed by atoms with Crippen molar-refractivity contribution in [3.05, 3.63) is 35.4 Å². The molecule has 1 saturated heterocycles. The molecule has 8 nitrogen and oxygen atoms in total. The molecule has 0 aliphatic carbocycles. The second-order valence-electron chi connectivity index (χ2n) is 8.87. The van der Waals surface area contributed by atoms with Crippen LogP contribution in [0.4, 0.5) is 0 Å². The SMILES string of the molecule is CN=C(NCC(=O)NC(C)(C)C)NCc1cccc(CN2CCCC(C(N)=O)C2)c1. The number of rotatable bonds is 7. The van der Waals surface area contributed by atoms with Gasteiger partial charge in [0.15, 0.2) is 5.96 Å². The van der Waals surface area contributed by atoms with Crippen LogP contribution >= 0.6 is 0 Å². The third kappa shape index (κ3) is 8.41. The molecule has 0 saturated carbocycles. The number of piperidine rings is 1. The molecule has 1 aliphatic rings. The molecule has 0 spiro atoms. The highest BCUT2D eigenvalue weighted by molar-refractivity contribution is 5.86. The first-order valence-electron chi connectivity index (χ1n) is 10.5. The summed E-state index contributed by atoms with van der Waals surface area (Å²) < 4.78 is 0. The van der Waals surface area contributed by atoms with Gasteiger partial charge in [0.2, 0.25) is 11.8 Å². The fourth-order valence-electron chi connectivity index (χ4n) is 3.56. The first kappa shape index (κ1) is 23.7. The third-order valence-corrected chi connectivity index (χ3v) is 4.92. The van der Waals surface area contributed by atoms with E-state index < -0.39 is 0 Å². The molecule has 1 unspecified atom stereocenters. The summed E-state index contributed by atoms with van der Waals surface area (Å²) in [6.07, 6.45) is 1.88. The van der Waals surface area contributed by atoms with E-state index in [1.54, 1.807) is 7.05 Å². The topological polar surface area (TPSA) is 112 Å². The zero-order chi connectivity index (χ0) is 22.1. The predicted molar refractivity (Wildman–Crippen MR) is 120 cm³/mol. The van der Waals surface area contributed by atoms with Gasteiger partial charge in [-0.05, 0) is 51.3 Å². The van der Waals surface area contributed by atoms with E-state index in [9.17, 15) is 9.59 Å². The second kappa shape index (κ2) is 11.0. The van der Waals surface area contributed by atoms with E-state index in [-0.39, 0.29) is 29.8 Å². The maximum Gasteiger partial charge on any atom is 0.239 e. The highest BCUT2D eigenvalue weighted by Crippen LogP contribution is 2.18. The quantitative estimate of drug-likeness (QED) is 0.391. The minimum Gasteiger partial charge on any atom is -0.369 e. The standard InChI is InChI=1S/C22H36N6O2/c1-22(2,3)27-19(29)13-26-21(24-4)25-12-16-7-5-8-17(11-16)14-28-10-6-9-18(15-28)20(23)30/h5,7-8,11,18H,6,9-10,12-15H2,1-4H3,(H2,23,30)(H,27,29)(H2,24,25,26). The van der Waals surface area contributed by atoms with Gasteiger partial charge in [-0.15, -0.1) is 0 Å². The summed E-state index contributed by atoms with van der Waals surface area (Å²) in [6.45, 7) is 9.11. The Morgan fingerprint density at radius 1 is 1.23 bits per heavy atom. The van der Waals surface area contributed by atoms with Crippen LogP contribution in [-0.4, -0.2) is 54.9 Å².